The number of aliphatic hydroxyl groups excluding tert-OH is 1. The predicted molar refractivity (Wildman–Crippen MR) is 297 cm³/mol. The zero-order chi connectivity index (χ0) is 56.3. The minimum Gasteiger partial charge on any atom is -0.508 e. The van der Waals surface area contributed by atoms with Crippen molar-refractivity contribution in [2.75, 3.05) is 23.8 Å². The number of amides is 7. The molecule has 1 aliphatic heterocycles. The summed E-state index contributed by atoms with van der Waals surface area (Å²) in [5.74, 6) is -7.91. The van der Waals surface area contributed by atoms with Gasteiger partial charge in [-0.3, -0.25) is 33.6 Å². The Labute approximate surface area is 458 Å². The number of unbranched alkanes of at least 4 members (excludes halogenated alkanes) is 1. The number of carbonyl (C=O) groups excluding carboxylic acids is 7. The first-order valence-corrected chi connectivity index (χ1v) is 27.8. The highest BCUT2D eigenvalue weighted by atomic mass is 33.1. The molecule has 7 amide bonds. The smallest absolute Gasteiger partial charge is 0.327 e. The number of phenols is 1. The number of anilines is 1. The number of hydrogen-bond donors (Lipinski definition) is 14. The molecule has 6 rings (SSSR count). The van der Waals surface area contributed by atoms with Crippen molar-refractivity contribution in [3.63, 3.8) is 0 Å². The fourth-order valence-corrected chi connectivity index (χ4v) is 10.8. The number of nitrogens with two attached hydrogens (primary N) is 3. The van der Waals surface area contributed by atoms with Crippen molar-refractivity contribution in [3.05, 3.63) is 132 Å². The number of para-hydroxylation sites is 1. The maximum atomic E-state index is 14.9. The van der Waals surface area contributed by atoms with E-state index < -0.39 is 102 Å². The lowest BCUT2D eigenvalue weighted by molar-refractivity contribution is -0.141. The monoisotopic (exact) mass is 1110 g/mol. The number of carboxylic acid groups (broad SMARTS) is 1. The van der Waals surface area contributed by atoms with E-state index >= 15 is 0 Å². The quantitative estimate of drug-likeness (QED) is 0.0407. The number of H-pyrrole nitrogens is 1. The Bertz CT molecular complexity index is 2860. The van der Waals surface area contributed by atoms with Crippen molar-refractivity contribution >= 4 is 85.5 Å². The first-order valence-electron chi connectivity index (χ1n) is 25.3. The van der Waals surface area contributed by atoms with E-state index in [4.69, 9.17) is 17.2 Å². The first-order chi connectivity index (χ1) is 37.4. The Morgan fingerprint density at radius 3 is 1.67 bits per heavy atom. The van der Waals surface area contributed by atoms with Gasteiger partial charge >= 0.3 is 5.97 Å². The molecule has 1 saturated heterocycles. The lowest BCUT2D eigenvalue weighted by atomic mass is 10.00. The van der Waals surface area contributed by atoms with Crippen molar-refractivity contribution < 1.29 is 53.7 Å². The minimum absolute atomic E-state index is 0.0244. The molecule has 24 heteroatoms. The molecule has 2 heterocycles. The average molecular weight is 1110 g/mol. The summed E-state index contributed by atoms with van der Waals surface area (Å²) >= 11 is 0. The maximum Gasteiger partial charge on any atom is 0.327 e. The number of nitrogens with one attached hydrogen (secondary N) is 8. The van der Waals surface area contributed by atoms with E-state index in [0.717, 1.165) is 32.5 Å². The van der Waals surface area contributed by atoms with Gasteiger partial charge in [-0.25, -0.2) is 4.79 Å². The van der Waals surface area contributed by atoms with Crippen LogP contribution in [-0.2, 0) is 64.0 Å². The Hall–Kier alpha value is -7.64. The summed E-state index contributed by atoms with van der Waals surface area (Å²) in [4.78, 5) is 117. The van der Waals surface area contributed by atoms with E-state index in [0.29, 0.717) is 40.8 Å². The molecule has 22 nitrogen and oxygen atoms in total. The number of aromatic hydroxyl groups is 1. The van der Waals surface area contributed by atoms with Crippen LogP contribution in [0, 0.1) is 0 Å². The Morgan fingerprint density at radius 1 is 0.590 bits per heavy atom. The van der Waals surface area contributed by atoms with Crippen LogP contribution in [0.2, 0.25) is 0 Å². The second kappa shape index (κ2) is 29.2. The standard InChI is InChI=1S/C54H67N11O11S2/c1-30(66)46-53(74)63-43(25-33-16-20-36(67)21-17-33)51(72)64-45(54(75)76)29-78-77-28-38(57)47(68)60-41(23-31-9-3-2-4-10-31)49(70)61-42(24-32-14-18-35(56)19-15-32)50(71)62-44(26-34-27-58-39-12-6-5-11-37(34)39)52(73)59-40(48(69)65-46)13-7-8-22-55/h2-6,9-12,14-21,27,30,38,40-46,58,66-67H,7-8,13,22-26,28-29,55-57H2,1H3,(H,59,73)(H,60,68)(H,61,70)(H,62,71)(H,63,74)(H,64,72)(H,65,69)(H,75,76)/t30-,38+,40+,41+,42+,43+,44+,45+,46+/m1/s1. The van der Waals surface area contributed by atoms with Gasteiger partial charge in [0, 0.05) is 60.0 Å². The lowest BCUT2D eigenvalue weighted by Gasteiger charge is -2.29. The molecule has 5 aromatic rings. The average Bonchev–Trinajstić information content (AvgIpc) is 3.85. The molecule has 78 heavy (non-hydrogen) atoms. The molecule has 1 aliphatic rings. The summed E-state index contributed by atoms with van der Waals surface area (Å²) < 4.78 is 0. The van der Waals surface area contributed by atoms with Crippen LogP contribution in [0.3, 0.4) is 0 Å². The van der Waals surface area contributed by atoms with Crippen LogP contribution in [0.1, 0.15) is 48.4 Å². The molecule has 0 spiro atoms. The molecule has 0 aliphatic carbocycles. The summed E-state index contributed by atoms with van der Waals surface area (Å²) in [6.07, 6.45) is 0.271. The summed E-state index contributed by atoms with van der Waals surface area (Å²) in [5.41, 5.74) is 21.6. The molecular weight excluding hydrogens is 1040 g/mol. The normalized spacial score (nSPS) is 23.4. The molecule has 0 saturated carbocycles. The van der Waals surface area contributed by atoms with Crippen molar-refractivity contribution in [2.45, 2.75) is 106 Å². The van der Waals surface area contributed by atoms with Crippen molar-refractivity contribution in [1.29, 1.82) is 0 Å². The van der Waals surface area contributed by atoms with Crippen molar-refractivity contribution in [1.82, 2.24) is 42.2 Å². The fraction of sp³-hybridized carbons (Fsp3) is 0.370. The topological polar surface area (TPSA) is 375 Å². The molecule has 1 fully saturated rings. The van der Waals surface area contributed by atoms with Gasteiger partial charge in [-0.2, -0.15) is 0 Å². The number of rotatable bonds is 14. The number of aliphatic carboxylic acids is 1. The summed E-state index contributed by atoms with van der Waals surface area (Å²) in [7, 11) is 2.01. The number of aliphatic hydroxyl groups is 1. The summed E-state index contributed by atoms with van der Waals surface area (Å²) in [5, 5.41) is 50.5. The number of benzene rings is 4. The molecule has 4 aromatic carbocycles. The van der Waals surface area contributed by atoms with Crippen LogP contribution in [0.25, 0.3) is 10.9 Å². The van der Waals surface area contributed by atoms with Gasteiger partial charge in [0.25, 0.3) is 0 Å². The number of carboxylic acids is 1. The largest absolute Gasteiger partial charge is 0.508 e. The van der Waals surface area contributed by atoms with Gasteiger partial charge in [0.15, 0.2) is 0 Å². The number of nitrogen functional groups attached to an aromatic ring is 1. The Morgan fingerprint density at radius 2 is 1.08 bits per heavy atom. The van der Waals surface area contributed by atoms with Gasteiger partial charge in [0.05, 0.1) is 12.1 Å². The fourth-order valence-electron chi connectivity index (χ4n) is 8.50. The minimum atomic E-state index is -1.74. The number of hydrogen-bond acceptors (Lipinski definition) is 15. The number of fused-ring (bicyclic) bond motifs is 1. The van der Waals surface area contributed by atoms with Crippen molar-refractivity contribution in [2.24, 2.45) is 11.5 Å². The van der Waals surface area contributed by atoms with E-state index in [-0.39, 0.29) is 55.9 Å². The predicted octanol–water partition coefficient (Wildman–Crippen LogP) is 0.437. The molecule has 9 atom stereocenters. The van der Waals surface area contributed by atoms with Gasteiger partial charge in [0.1, 0.15) is 48.0 Å². The van der Waals surface area contributed by atoms with Crippen LogP contribution in [-0.4, -0.2) is 140 Å². The van der Waals surface area contributed by atoms with Gasteiger partial charge < -0.3 is 74.7 Å². The van der Waals surface area contributed by atoms with Gasteiger partial charge in [-0.15, -0.1) is 0 Å². The number of aromatic amines is 1. The van der Waals surface area contributed by atoms with Gasteiger partial charge in [0.2, 0.25) is 41.4 Å². The van der Waals surface area contributed by atoms with Crippen LogP contribution in [0.4, 0.5) is 5.69 Å². The third-order valence-corrected chi connectivity index (χ3v) is 15.3. The molecular formula is C54H67N11O11S2. The highest BCUT2D eigenvalue weighted by molar-refractivity contribution is 8.76. The van der Waals surface area contributed by atoms with Gasteiger partial charge in [-0.1, -0.05) is 94.4 Å². The Kier molecular flexibility index (Phi) is 22.3. The van der Waals surface area contributed by atoms with E-state index in [9.17, 15) is 53.7 Å². The second-order valence-corrected chi connectivity index (χ2v) is 21.5. The third kappa shape index (κ3) is 17.7. The zero-order valence-electron chi connectivity index (χ0n) is 42.8. The summed E-state index contributed by atoms with van der Waals surface area (Å²) in [6, 6.07) is 16.8. The Balaban J connectivity index is 1.40. The second-order valence-electron chi connectivity index (χ2n) is 19.0. The molecule has 17 N–H and O–H groups in total. The third-order valence-electron chi connectivity index (χ3n) is 12.9. The van der Waals surface area contributed by atoms with E-state index in [1.165, 1.54) is 31.2 Å². The highest BCUT2D eigenvalue weighted by Crippen LogP contribution is 2.24. The summed E-state index contributed by atoms with van der Waals surface area (Å²) in [6.45, 7) is 1.45. The zero-order valence-corrected chi connectivity index (χ0v) is 44.4. The molecule has 0 bridgehead atoms. The SMILES string of the molecule is C[C@@H](O)[C@@H]1NC(=O)[C@H](CCCCN)NC(=O)[C@H](Cc2c[nH]c3ccccc23)NC(=O)[C@H](Cc2ccc(N)cc2)NC(=O)[C@H](Cc2ccccc2)NC(=O)[C@@H](N)CSSC[C@@H](C(=O)O)NC(=O)[C@H](Cc2ccc(O)cc2)NC1=O. The molecule has 0 radical (unpaired) electrons. The molecule has 416 valence electrons. The maximum absolute atomic E-state index is 14.9. The van der Waals surface area contributed by atoms with Crippen LogP contribution in [0.15, 0.2) is 109 Å². The van der Waals surface area contributed by atoms with Crippen LogP contribution < -0.4 is 54.4 Å². The van der Waals surface area contributed by atoms with Crippen LogP contribution in [0.5, 0.6) is 5.75 Å². The van der Waals surface area contributed by atoms with Gasteiger partial charge in [-0.05, 0) is 85.3 Å². The number of phenolic OH excluding ortho intramolecular Hbond substituents is 1. The van der Waals surface area contributed by atoms with E-state index in [1.807, 2.05) is 18.2 Å². The number of carbonyl (C=O) groups is 8. The van der Waals surface area contributed by atoms with Crippen molar-refractivity contribution in [3.8, 4) is 5.75 Å². The highest BCUT2D eigenvalue weighted by Gasteiger charge is 2.36. The van der Waals surface area contributed by atoms with E-state index in [2.05, 4.69) is 42.2 Å². The number of aromatic nitrogens is 1. The van der Waals surface area contributed by atoms with Crippen LogP contribution >= 0.6 is 21.6 Å². The van der Waals surface area contributed by atoms with E-state index in [1.54, 1.807) is 66.9 Å². The lowest BCUT2D eigenvalue weighted by Crippen LogP contribution is -2.62. The molecule has 0 unspecified atom stereocenters. The molecule has 1 aromatic heterocycles. The first kappa shape index (κ1) is 59.6.